The minimum absolute atomic E-state index is 0.0702. The van der Waals surface area contributed by atoms with Gasteiger partial charge in [-0.3, -0.25) is 4.90 Å². The van der Waals surface area contributed by atoms with Crippen molar-refractivity contribution in [2.75, 3.05) is 25.0 Å². The van der Waals surface area contributed by atoms with Gasteiger partial charge in [-0.15, -0.1) is 0 Å². The Balaban J connectivity index is 2.03. The molecular weight excluding hydrogens is 345 g/mol. The molecule has 1 fully saturated rings. The number of anilines is 1. The maximum Gasteiger partial charge on any atom is 0.411 e. The van der Waals surface area contributed by atoms with E-state index in [1.165, 1.54) is 4.90 Å². The second-order valence-corrected chi connectivity index (χ2v) is 6.44. The molecule has 1 atom stereocenters. The van der Waals surface area contributed by atoms with E-state index >= 15 is 0 Å². The van der Waals surface area contributed by atoms with E-state index in [1.807, 2.05) is 7.05 Å². The van der Waals surface area contributed by atoms with Crippen LogP contribution in [0.2, 0.25) is 0 Å². The van der Waals surface area contributed by atoms with Crippen LogP contribution in [0, 0.1) is 17.5 Å². The van der Waals surface area contributed by atoms with Crippen LogP contribution in [0.1, 0.15) is 12.8 Å². The number of hydrogen-bond acceptors (Lipinski definition) is 2. The standard InChI is InChI=1S/C19H19F3N2O2/c1-23-8-4-5-13(23)11-24(19(25)26)17-7-3-2-6-14(17)12-9-15(20)18(22)16(21)10-12/h2-3,6-7,9-10,13H,4-5,8,11H2,1H3,(H,25,26). The molecule has 1 aliphatic heterocycles. The fraction of sp³-hybridized carbons (Fsp3) is 0.316. The summed E-state index contributed by atoms with van der Waals surface area (Å²) in [5.41, 5.74) is 0.724. The van der Waals surface area contributed by atoms with Crippen molar-refractivity contribution < 1.29 is 23.1 Å². The molecule has 0 radical (unpaired) electrons. The molecular formula is C19H19F3N2O2. The molecule has 1 heterocycles. The third kappa shape index (κ3) is 3.53. The summed E-state index contributed by atoms with van der Waals surface area (Å²) >= 11 is 0. The summed E-state index contributed by atoms with van der Waals surface area (Å²) in [6.07, 6.45) is 0.716. The molecule has 0 spiro atoms. The minimum atomic E-state index is -1.55. The normalized spacial score (nSPS) is 17.5. The Morgan fingerprint density at radius 3 is 2.46 bits per heavy atom. The largest absolute Gasteiger partial charge is 0.465 e. The molecule has 2 aromatic rings. The molecule has 0 bridgehead atoms. The van der Waals surface area contributed by atoms with E-state index in [-0.39, 0.29) is 18.2 Å². The molecule has 1 amide bonds. The first-order valence-electron chi connectivity index (χ1n) is 8.33. The predicted octanol–water partition coefficient (Wildman–Crippen LogP) is 4.35. The maximum absolute atomic E-state index is 13.6. The van der Waals surface area contributed by atoms with Crippen molar-refractivity contribution in [2.45, 2.75) is 18.9 Å². The number of para-hydroxylation sites is 1. The number of rotatable bonds is 4. The Morgan fingerprint density at radius 1 is 1.23 bits per heavy atom. The minimum Gasteiger partial charge on any atom is -0.465 e. The number of halogens is 3. The van der Waals surface area contributed by atoms with Crippen molar-refractivity contribution in [3.63, 3.8) is 0 Å². The van der Waals surface area contributed by atoms with Gasteiger partial charge in [0.15, 0.2) is 17.5 Å². The summed E-state index contributed by atoms with van der Waals surface area (Å²) < 4.78 is 40.6. The molecule has 0 aliphatic carbocycles. The first kappa shape index (κ1) is 18.3. The van der Waals surface area contributed by atoms with Crippen LogP contribution >= 0.6 is 0 Å². The monoisotopic (exact) mass is 364 g/mol. The average Bonchev–Trinajstić information content (AvgIpc) is 3.01. The van der Waals surface area contributed by atoms with Gasteiger partial charge in [-0.1, -0.05) is 18.2 Å². The Bertz CT molecular complexity index is 805. The quantitative estimate of drug-likeness (QED) is 0.821. The molecule has 138 valence electrons. The van der Waals surface area contributed by atoms with Gasteiger partial charge in [-0.25, -0.2) is 18.0 Å². The van der Waals surface area contributed by atoms with Gasteiger partial charge in [-0.2, -0.15) is 0 Å². The van der Waals surface area contributed by atoms with Crippen LogP contribution in [0.4, 0.5) is 23.7 Å². The average molecular weight is 364 g/mol. The van der Waals surface area contributed by atoms with Gasteiger partial charge in [-0.05, 0) is 50.2 Å². The Hall–Kier alpha value is -2.54. The molecule has 4 nitrogen and oxygen atoms in total. The van der Waals surface area contributed by atoms with Crippen LogP contribution in [0.25, 0.3) is 11.1 Å². The smallest absolute Gasteiger partial charge is 0.411 e. The number of carbonyl (C=O) groups is 1. The molecule has 3 rings (SSSR count). The van der Waals surface area contributed by atoms with Crippen molar-refractivity contribution in [3.8, 4) is 11.1 Å². The van der Waals surface area contributed by atoms with Crippen LogP contribution in [0.15, 0.2) is 36.4 Å². The van der Waals surface area contributed by atoms with E-state index in [0.29, 0.717) is 11.3 Å². The lowest BCUT2D eigenvalue weighted by Crippen LogP contribution is -2.41. The van der Waals surface area contributed by atoms with E-state index in [1.54, 1.807) is 24.3 Å². The first-order valence-corrected chi connectivity index (χ1v) is 8.33. The summed E-state index contributed by atoms with van der Waals surface area (Å²) in [4.78, 5) is 15.1. The lowest BCUT2D eigenvalue weighted by Gasteiger charge is -2.28. The highest BCUT2D eigenvalue weighted by Gasteiger charge is 2.28. The van der Waals surface area contributed by atoms with E-state index < -0.39 is 23.5 Å². The highest BCUT2D eigenvalue weighted by Crippen LogP contribution is 2.33. The lowest BCUT2D eigenvalue weighted by atomic mass is 10.0. The number of carboxylic acid groups (broad SMARTS) is 1. The van der Waals surface area contributed by atoms with Crippen molar-refractivity contribution >= 4 is 11.8 Å². The SMILES string of the molecule is CN1CCCC1CN(C(=O)O)c1ccccc1-c1cc(F)c(F)c(F)c1. The van der Waals surface area contributed by atoms with Gasteiger partial charge in [0, 0.05) is 18.2 Å². The predicted molar refractivity (Wildman–Crippen MR) is 92.8 cm³/mol. The van der Waals surface area contributed by atoms with Crippen LogP contribution in [0.3, 0.4) is 0 Å². The number of likely N-dealkylation sites (tertiary alicyclic amines) is 1. The molecule has 0 saturated carbocycles. The third-order valence-electron chi connectivity index (χ3n) is 4.79. The topological polar surface area (TPSA) is 43.8 Å². The molecule has 2 aromatic carbocycles. The second-order valence-electron chi connectivity index (χ2n) is 6.44. The van der Waals surface area contributed by atoms with Crippen molar-refractivity contribution in [1.29, 1.82) is 0 Å². The molecule has 1 unspecified atom stereocenters. The highest BCUT2D eigenvalue weighted by atomic mass is 19.2. The Labute approximate surface area is 149 Å². The van der Waals surface area contributed by atoms with Crippen LogP contribution in [-0.2, 0) is 0 Å². The number of hydrogen-bond donors (Lipinski definition) is 1. The second kappa shape index (κ2) is 7.37. The first-order chi connectivity index (χ1) is 12.4. The summed E-state index contributed by atoms with van der Waals surface area (Å²) in [5.74, 6) is -4.17. The molecule has 26 heavy (non-hydrogen) atoms. The fourth-order valence-corrected chi connectivity index (χ4v) is 3.36. The van der Waals surface area contributed by atoms with Gasteiger partial charge in [0.1, 0.15) is 0 Å². The van der Waals surface area contributed by atoms with Gasteiger partial charge in [0.2, 0.25) is 0 Å². The molecule has 1 N–H and O–H groups in total. The summed E-state index contributed by atoms with van der Waals surface area (Å²) in [6, 6.07) is 8.26. The van der Waals surface area contributed by atoms with E-state index in [9.17, 15) is 23.1 Å². The van der Waals surface area contributed by atoms with Gasteiger partial charge in [0.25, 0.3) is 0 Å². The number of nitrogens with zero attached hydrogens (tertiary/aromatic N) is 2. The number of benzene rings is 2. The Morgan fingerprint density at radius 2 is 1.88 bits per heavy atom. The fourth-order valence-electron chi connectivity index (χ4n) is 3.36. The van der Waals surface area contributed by atoms with Crippen molar-refractivity contribution in [3.05, 3.63) is 53.8 Å². The number of amides is 1. The zero-order valence-electron chi connectivity index (χ0n) is 14.3. The van der Waals surface area contributed by atoms with Gasteiger partial charge in [0.05, 0.1) is 5.69 Å². The molecule has 0 aromatic heterocycles. The third-order valence-corrected chi connectivity index (χ3v) is 4.79. The molecule has 1 saturated heterocycles. The zero-order valence-corrected chi connectivity index (χ0v) is 14.3. The number of likely N-dealkylation sites (N-methyl/N-ethyl adjacent to an activating group) is 1. The molecule has 7 heteroatoms. The van der Waals surface area contributed by atoms with Crippen LogP contribution < -0.4 is 4.90 Å². The zero-order chi connectivity index (χ0) is 18.8. The summed E-state index contributed by atoms with van der Waals surface area (Å²) in [7, 11) is 1.94. The summed E-state index contributed by atoms with van der Waals surface area (Å²) in [6.45, 7) is 1.14. The molecule has 1 aliphatic rings. The van der Waals surface area contributed by atoms with Crippen LogP contribution in [-0.4, -0.2) is 42.3 Å². The highest BCUT2D eigenvalue weighted by molar-refractivity contribution is 5.93. The lowest BCUT2D eigenvalue weighted by molar-refractivity contribution is 0.198. The summed E-state index contributed by atoms with van der Waals surface area (Å²) in [5, 5.41) is 9.70. The van der Waals surface area contributed by atoms with Crippen molar-refractivity contribution in [2.24, 2.45) is 0 Å². The van der Waals surface area contributed by atoms with Crippen LogP contribution in [0.5, 0.6) is 0 Å². The van der Waals surface area contributed by atoms with E-state index in [4.69, 9.17) is 0 Å². The van der Waals surface area contributed by atoms with E-state index in [2.05, 4.69) is 4.90 Å². The van der Waals surface area contributed by atoms with Crippen molar-refractivity contribution in [1.82, 2.24) is 4.90 Å². The van der Waals surface area contributed by atoms with Gasteiger partial charge < -0.3 is 10.0 Å². The Kier molecular flexibility index (Phi) is 5.18. The van der Waals surface area contributed by atoms with E-state index in [0.717, 1.165) is 31.5 Å². The van der Waals surface area contributed by atoms with Gasteiger partial charge >= 0.3 is 6.09 Å². The maximum atomic E-state index is 13.6.